The molecule has 1 fully saturated rings. The Bertz CT molecular complexity index is 1090. The summed E-state index contributed by atoms with van der Waals surface area (Å²) in [4.78, 5) is 33.5. The summed E-state index contributed by atoms with van der Waals surface area (Å²) in [5.41, 5.74) is 2.77. The van der Waals surface area contributed by atoms with Crippen LogP contribution in [-0.2, 0) is 4.74 Å². The van der Waals surface area contributed by atoms with Crippen LogP contribution in [0, 0.1) is 0 Å². The Labute approximate surface area is 180 Å². The van der Waals surface area contributed by atoms with Crippen molar-refractivity contribution in [1.82, 2.24) is 14.8 Å². The van der Waals surface area contributed by atoms with Crippen molar-refractivity contribution in [1.29, 1.82) is 0 Å². The number of fused-ring (bicyclic) bond motifs is 1. The number of amides is 2. The topological polar surface area (TPSA) is 62.7 Å². The number of piperazine rings is 1. The van der Waals surface area contributed by atoms with E-state index in [1.54, 1.807) is 16.7 Å². The monoisotopic (exact) mass is 423 g/mol. The van der Waals surface area contributed by atoms with E-state index in [2.05, 4.69) is 0 Å². The zero-order valence-electron chi connectivity index (χ0n) is 16.7. The first-order valence-electron chi connectivity index (χ1n) is 9.94. The lowest BCUT2D eigenvalue weighted by Gasteiger charge is -2.34. The molecule has 2 heterocycles. The summed E-state index contributed by atoms with van der Waals surface area (Å²) in [7, 11) is 0. The number of carbonyl (C=O) groups is 2. The molecule has 2 amide bonds. The fraction of sp³-hybridized carbons (Fsp3) is 0.261. The lowest BCUT2D eigenvalue weighted by atomic mass is 10.0. The van der Waals surface area contributed by atoms with Gasteiger partial charge >= 0.3 is 6.09 Å². The number of ether oxygens (including phenoxy) is 1. The fourth-order valence-electron chi connectivity index (χ4n) is 3.64. The van der Waals surface area contributed by atoms with E-state index in [0.717, 1.165) is 16.5 Å². The third-order valence-corrected chi connectivity index (χ3v) is 5.52. The van der Waals surface area contributed by atoms with Crippen LogP contribution in [0.4, 0.5) is 4.79 Å². The average Bonchev–Trinajstić information content (AvgIpc) is 2.78. The first-order chi connectivity index (χ1) is 14.6. The molecule has 0 unspecified atom stereocenters. The smallest absolute Gasteiger partial charge is 0.409 e. The molecule has 0 bridgehead atoms. The maximum absolute atomic E-state index is 13.4. The molecular weight excluding hydrogens is 402 g/mol. The van der Waals surface area contributed by atoms with Crippen molar-refractivity contribution in [2.75, 3.05) is 32.8 Å². The standard InChI is InChI=1S/C23H22ClN3O3/c1-2-30-23(29)27-13-11-26(12-14-27)22(28)18-15-21(17-8-3-5-9-19(17)24)25-20-10-6-4-7-16(18)20/h3-10,15H,2,11-14H2,1H3. The van der Waals surface area contributed by atoms with Gasteiger partial charge in [0.25, 0.3) is 5.91 Å². The minimum atomic E-state index is -0.333. The number of halogens is 1. The second kappa shape index (κ2) is 8.71. The molecule has 6 nitrogen and oxygen atoms in total. The Morgan fingerprint density at radius 2 is 1.67 bits per heavy atom. The van der Waals surface area contributed by atoms with Gasteiger partial charge in [0, 0.05) is 42.2 Å². The van der Waals surface area contributed by atoms with E-state index >= 15 is 0 Å². The second-order valence-electron chi connectivity index (χ2n) is 7.03. The summed E-state index contributed by atoms with van der Waals surface area (Å²) >= 11 is 6.38. The van der Waals surface area contributed by atoms with E-state index in [4.69, 9.17) is 21.3 Å². The van der Waals surface area contributed by atoms with Crippen LogP contribution in [0.2, 0.25) is 5.02 Å². The predicted molar refractivity (Wildman–Crippen MR) is 117 cm³/mol. The number of pyridine rings is 1. The van der Waals surface area contributed by atoms with Crippen LogP contribution in [0.3, 0.4) is 0 Å². The Hall–Kier alpha value is -3.12. The van der Waals surface area contributed by atoms with Gasteiger partial charge in [0.2, 0.25) is 0 Å². The Morgan fingerprint density at radius 3 is 2.40 bits per heavy atom. The normalized spacial score (nSPS) is 14.1. The third-order valence-electron chi connectivity index (χ3n) is 5.19. The first-order valence-corrected chi connectivity index (χ1v) is 10.3. The summed E-state index contributed by atoms with van der Waals surface area (Å²) in [6.45, 7) is 3.93. The van der Waals surface area contributed by atoms with E-state index in [9.17, 15) is 9.59 Å². The number of hydrogen-bond acceptors (Lipinski definition) is 4. The van der Waals surface area contributed by atoms with Crippen molar-refractivity contribution in [2.24, 2.45) is 0 Å². The molecule has 30 heavy (non-hydrogen) atoms. The highest BCUT2D eigenvalue weighted by Crippen LogP contribution is 2.30. The van der Waals surface area contributed by atoms with Gasteiger partial charge in [-0.05, 0) is 25.1 Å². The van der Waals surface area contributed by atoms with Gasteiger partial charge in [-0.15, -0.1) is 0 Å². The summed E-state index contributed by atoms with van der Waals surface area (Å²) < 4.78 is 5.06. The summed E-state index contributed by atoms with van der Waals surface area (Å²) in [6.07, 6.45) is -0.333. The molecule has 1 aliphatic rings. The van der Waals surface area contributed by atoms with E-state index in [1.165, 1.54) is 0 Å². The van der Waals surface area contributed by atoms with Crippen molar-refractivity contribution in [3.05, 3.63) is 65.2 Å². The van der Waals surface area contributed by atoms with Crippen molar-refractivity contribution in [2.45, 2.75) is 6.92 Å². The van der Waals surface area contributed by atoms with E-state index in [1.807, 2.05) is 54.6 Å². The maximum atomic E-state index is 13.4. The second-order valence-corrected chi connectivity index (χ2v) is 7.44. The molecule has 1 aromatic heterocycles. The van der Waals surface area contributed by atoms with Gasteiger partial charge in [-0.1, -0.05) is 48.0 Å². The number of aromatic nitrogens is 1. The molecule has 3 aromatic rings. The SMILES string of the molecule is CCOC(=O)N1CCN(C(=O)c2cc(-c3ccccc3Cl)nc3ccccc23)CC1. The molecule has 4 rings (SSSR count). The molecule has 0 atom stereocenters. The van der Waals surface area contributed by atoms with Gasteiger partial charge in [-0.3, -0.25) is 4.79 Å². The number of rotatable bonds is 3. The van der Waals surface area contributed by atoms with Crippen LogP contribution >= 0.6 is 11.6 Å². The predicted octanol–water partition coefficient (Wildman–Crippen LogP) is 4.47. The van der Waals surface area contributed by atoms with Crippen molar-refractivity contribution in [3.63, 3.8) is 0 Å². The summed E-state index contributed by atoms with van der Waals surface area (Å²) in [6, 6.07) is 16.9. The molecule has 1 saturated heterocycles. The molecule has 0 saturated carbocycles. The van der Waals surface area contributed by atoms with Gasteiger partial charge in [-0.25, -0.2) is 9.78 Å². The van der Waals surface area contributed by atoms with Gasteiger partial charge < -0.3 is 14.5 Å². The molecule has 0 radical (unpaired) electrons. The van der Waals surface area contributed by atoms with Crippen molar-refractivity contribution in [3.8, 4) is 11.3 Å². The van der Waals surface area contributed by atoms with Crippen molar-refractivity contribution >= 4 is 34.5 Å². The molecule has 1 aliphatic heterocycles. The minimum Gasteiger partial charge on any atom is -0.450 e. The number of nitrogens with zero attached hydrogens (tertiary/aromatic N) is 3. The van der Waals surface area contributed by atoms with Crippen LogP contribution in [0.5, 0.6) is 0 Å². The van der Waals surface area contributed by atoms with E-state index in [0.29, 0.717) is 49.1 Å². The Kier molecular flexibility index (Phi) is 5.86. The first kappa shape index (κ1) is 20.2. The van der Waals surface area contributed by atoms with Crippen LogP contribution in [0.15, 0.2) is 54.6 Å². The van der Waals surface area contributed by atoms with Gasteiger partial charge in [0.05, 0.1) is 23.4 Å². The van der Waals surface area contributed by atoms with E-state index < -0.39 is 0 Å². The lowest BCUT2D eigenvalue weighted by Crippen LogP contribution is -2.50. The number of hydrogen-bond donors (Lipinski definition) is 0. The van der Waals surface area contributed by atoms with Crippen LogP contribution < -0.4 is 0 Å². The number of para-hydroxylation sites is 1. The molecule has 154 valence electrons. The molecular formula is C23H22ClN3O3. The largest absolute Gasteiger partial charge is 0.450 e. The highest BCUT2D eigenvalue weighted by Gasteiger charge is 2.27. The van der Waals surface area contributed by atoms with Crippen LogP contribution in [-0.4, -0.2) is 59.6 Å². The fourth-order valence-corrected chi connectivity index (χ4v) is 3.87. The third kappa shape index (κ3) is 3.96. The van der Waals surface area contributed by atoms with E-state index in [-0.39, 0.29) is 12.0 Å². The number of carbonyl (C=O) groups excluding carboxylic acids is 2. The molecule has 0 spiro atoms. The quantitative estimate of drug-likeness (QED) is 0.623. The van der Waals surface area contributed by atoms with Gasteiger partial charge in [-0.2, -0.15) is 0 Å². The summed E-state index contributed by atoms with van der Waals surface area (Å²) in [5, 5.41) is 1.38. The average molecular weight is 424 g/mol. The highest BCUT2D eigenvalue weighted by atomic mass is 35.5. The van der Waals surface area contributed by atoms with Crippen LogP contribution in [0.25, 0.3) is 22.2 Å². The van der Waals surface area contributed by atoms with Gasteiger partial charge in [0.15, 0.2) is 0 Å². The maximum Gasteiger partial charge on any atom is 0.409 e. The number of benzene rings is 2. The summed E-state index contributed by atoms with van der Waals surface area (Å²) in [5.74, 6) is -0.0783. The zero-order chi connectivity index (χ0) is 21.1. The Morgan fingerprint density at radius 1 is 1.00 bits per heavy atom. The molecule has 7 heteroatoms. The highest BCUT2D eigenvalue weighted by molar-refractivity contribution is 6.33. The minimum absolute atomic E-state index is 0.0783. The molecule has 0 N–H and O–H groups in total. The van der Waals surface area contributed by atoms with Crippen LogP contribution in [0.1, 0.15) is 17.3 Å². The Balaban J connectivity index is 1.66. The molecule has 2 aromatic carbocycles. The molecule has 0 aliphatic carbocycles. The van der Waals surface area contributed by atoms with Gasteiger partial charge in [0.1, 0.15) is 0 Å². The van der Waals surface area contributed by atoms with Crippen molar-refractivity contribution < 1.29 is 14.3 Å². The lowest BCUT2D eigenvalue weighted by molar-refractivity contribution is 0.0572. The zero-order valence-corrected chi connectivity index (χ0v) is 17.4.